The lowest BCUT2D eigenvalue weighted by molar-refractivity contribution is -0.191. The van der Waals surface area contributed by atoms with E-state index in [2.05, 4.69) is 4.90 Å². The summed E-state index contributed by atoms with van der Waals surface area (Å²) in [6, 6.07) is 0. The maximum atomic E-state index is 9.68. The maximum Gasteiger partial charge on any atom is 0.181 e. The first-order valence-corrected chi connectivity index (χ1v) is 5.91. The van der Waals surface area contributed by atoms with Crippen molar-refractivity contribution in [2.75, 3.05) is 46.6 Å². The molecule has 5 nitrogen and oxygen atoms in total. The summed E-state index contributed by atoms with van der Waals surface area (Å²) in [5.74, 6) is -0.398. The van der Waals surface area contributed by atoms with E-state index in [0.29, 0.717) is 26.4 Å². The second-order valence-electron chi connectivity index (χ2n) is 4.56. The largest absolute Gasteiger partial charge is 0.389 e. The van der Waals surface area contributed by atoms with Crippen molar-refractivity contribution in [3.05, 3.63) is 0 Å². The highest BCUT2D eigenvalue weighted by Crippen LogP contribution is 2.29. The van der Waals surface area contributed by atoms with Gasteiger partial charge in [0.1, 0.15) is 0 Å². The summed E-state index contributed by atoms with van der Waals surface area (Å²) in [4.78, 5) is 2.19. The van der Waals surface area contributed by atoms with Gasteiger partial charge < -0.3 is 19.3 Å². The Kier molecular flexibility index (Phi) is 4.16. The van der Waals surface area contributed by atoms with Crippen molar-refractivity contribution in [2.24, 2.45) is 0 Å². The fourth-order valence-corrected chi connectivity index (χ4v) is 2.50. The predicted molar refractivity (Wildman–Crippen MR) is 58.2 cm³/mol. The van der Waals surface area contributed by atoms with Crippen molar-refractivity contribution >= 4 is 0 Å². The van der Waals surface area contributed by atoms with Crippen LogP contribution in [0.25, 0.3) is 0 Å². The normalized spacial score (nSPS) is 27.4. The highest BCUT2D eigenvalue weighted by Gasteiger charge is 2.40. The Hall–Kier alpha value is -0.200. The van der Waals surface area contributed by atoms with Crippen molar-refractivity contribution in [1.82, 2.24) is 4.90 Å². The Morgan fingerprint density at radius 2 is 2.19 bits per heavy atom. The molecule has 2 fully saturated rings. The number of aliphatic hydroxyl groups is 1. The third-order valence-electron chi connectivity index (χ3n) is 3.14. The van der Waals surface area contributed by atoms with Crippen LogP contribution in [-0.2, 0) is 14.2 Å². The summed E-state index contributed by atoms with van der Waals surface area (Å²) in [5, 5.41) is 9.68. The summed E-state index contributed by atoms with van der Waals surface area (Å²) in [5.41, 5.74) is 0. The van der Waals surface area contributed by atoms with E-state index in [9.17, 15) is 5.11 Å². The molecule has 0 amide bonds. The summed E-state index contributed by atoms with van der Waals surface area (Å²) in [6.07, 6.45) is 1.59. The summed E-state index contributed by atoms with van der Waals surface area (Å²) < 4.78 is 16.3. The molecule has 0 radical (unpaired) electrons. The van der Waals surface area contributed by atoms with Gasteiger partial charge in [0.15, 0.2) is 5.79 Å². The monoisotopic (exact) mass is 231 g/mol. The van der Waals surface area contributed by atoms with E-state index >= 15 is 0 Å². The fourth-order valence-electron chi connectivity index (χ4n) is 2.50. The minimum absolute atomic E-state index is 0.380. The first kappa shape index (κ1) is 12.3. The number of β-amino-alcohol motifs (C(OH)–C–C–N with tert-alkyl or cyclic N) is 1. The van der Waals surface area contributed by atoms with E-state index in [1.54, 1.807) is 7.11 Å². The Bertz CT molecular complexity index is 218. The molecule has 94 valence electrons. The van der Waals surface area contributed by atoms with Crippen molar-refractivity contribution in [2.45, 2.75) is 24.7 Å². The highest BCUT2D eigenvalue weighted by atomic mass is 16.7. The molecule has 0 aromatic carbocycles. The lowest BCUT2D eigenvalue weighted by atomic mass is 10.0. The van der Waals surface area contributed by atoms with Crippen molar-refractivity contribution in [3.63, 3.8) is 0 Å². The standard InChI is InChI=1S/C11H21NO4/c1-14-8-10(13)7-12-4-2-3-11(9-12)15-5-6-16-11/h10,13H,2-9H2,1H3. The Morgan fingerprint density at radius 1 is 1.44 bits per heavy atom. The third-order valence-corrected chi connectivity index (χ3v) is 3.14. The van der Waals surface area contributed by atoms with Gasteiger partial charge >= 0.3 is 0 Å². The molecule has 2 aliphatic rings. The fraction of sp³-hybridized carbons (Fsp3) is 1.00. The van der Waals surface area contributed by atoms with E-state index in [1.165, 1.54) is 0 Å². The van der Waals surface area contributed by atoms with Gasteiger partial charge in [0.25, 0.3) is 0 Å². The number of ether oxygens (including phenoxy) is 3. The topological polar surface area (TPSA) is 51.2 Å². The number of aliphatic hydroxyl groups excluding tert-OH is 1. The van der Waals surface area contributed by atoms with Gasteiger partial charge in [-0.25, -0.2) is 0 Å². The molecule has 0 saturated carbocycles. The minimum atomic E-state index is -0.429. The van der Waals surface area contributed by atoms with E-state index < -0.39 is 11.9 Å². The van der Waals surface area contributed by atoms with Crippen LogP contribution in [0.5, 0.6) is 0 Å². The minimum Gasteiger partial charge on any atom is -0.389 e. The third kappa shape index (κ3) is 2.93. The molecular weight excluding hydrogens is 210 g/mol. The number of methoxy groups -OCH3 is 1. The number of piperidine rings is 1. The molecule has 5 heteroatoms. The Balaban J connectivity index is 1.82. The second-order valence-corrected chi connectivity index (χ2v) is 4.56. The zero-order valence-corrected chi connectivity index (χ0v) is 9.85. The SMILES string of the molecule is COCC(O)CN1CCCC2(C1)OCCO2. The van der Waals surface area contributed by atoms with Gasteiger partial charge in [-0.2, -0.15) is 0 Å². The molecule has 16 heavy (non-hydrogen) atoms. The lowest BCUT2D eigenvalue weighted by Gasteiger charge is -2.39. The lowest BCUT2D eigenvalue weighted by Crippen LogP contribution is -2.51. The number of hydrogen-bond acceptors (Lipinski definition) is 5. The zero-order valence-electron chi connectivity index (χ0n) is 9.85. The van der Waals surface area contributed by atoms with E-state index in [-0.39, 0.29) is 0 Å². The molecule has 0 bridgehead atoms. The van der Waals surface area contributed by atoms with Gasteiger partial charge in [0.05, 0.1) is 32.5 Å². The molecule has 1 unspecified atom stereocenters. The average Bonchev–Trinajstić information content (AvgIpc) is 2.66. The van der Waals surface area contributed by atoms with Crippen LogP contribution in [0.4, 0.5) is 0 Å². The first-order valence-electron chi connectivity index (χ1n) is 5.91. The summed E-state index contributed by atoms with van der Waals surface area (Å²) in [7, 11) is 1.60. The highest BCUT2D eigenvalue weighted by molar-refractivity contribution is 4.84. The predicted octanol–water partition coefficient (Wildman–Crippen LogP) is -0.167. The van der Waals surface area contributed by atoms with Gasteiger partial charge in [0.2, 0.25) is 0 Å². The van der Waals surface area contributed by atoms with E-state index in [1.807, 2.05) is 0 Å². The summed E-state index contributed by atoms with van der Waals surface area (Å²) >= 11 is 0. The van der Waals surface area contributed by atoms with Gasteiger partial charge in [0, 0.05) is 20.1 Å². The molecule has 2 rings (SSSR count). The van der Waals surface area contributed by atoms with Gasteiger partial charge in [-0.1, -0.05) is 0 Å². The number of nitrogens with zero attached hydrogens (tertiary/aromatic N) is 1. The molecule has 2 heterocycles. The van der Waals surface area contributed by atoms with Crippen molar-refractivity contribution in [3.8, 4) is 0 Å². The van der Waals surface area contributed by atoms with Gasteiger partial charge in [-0.05, 0) is 13.0 Å². The Morgan fingerprint density at radius 3 is 2.88 bits per heavy atom. The van der Waals surface area contributed by atoms with Crippen LogP contribution in [-0.4, -0.2) is 68.5 Å². The maximum absolute atomic E-state index is 9.68. The van der Waals surface area contributed by atoms with Crippen LogP contribution < -0.4 is 0 Å². The van der Waals surface area contributed by atoms with E-state index in [0.717, 1.165) is 25.9 Å². The number of rotatable bonds is 4. The molecule has 0 aromatic heterocycles. The zero-order chi connectivity index (χ0) is 11.4. The first-order chi connectivity index (χ1) is 7.74. The molecule has 2 aliphatic heterocycles. The molecular formula is C11H21NO4. The van der Waals surface area contributed by atoms with Crippen LogP contribution in [0.3, 0.4) is 0 Å². The molecule has 0 aromatic rings. The number of likely N-dealkylation sites (tertiary alicyclic amines) is 1. The van der Waals surface area contributed by atoms with Crippen molar-refractivity contribution < 1.29 is 19.3 Å². The second kappa shape index (κ2) is 5.42. The van der Waals surface area contributed by atoms with Crippen LogP contribution in [0.15, 0.2) is 0 Å². The molecule has 2 saturated heterocycles. The van der Waals surface area contributed by atoms with Crippen LogP contribution in [0, 0.1) is 0 Å². The van der Waals surface area contributed by atoms with Crippen LogP contribution >= 0.6 is 0 Å². The van der Waals surface area contributed by atoms with E-state index in [4.69, 9.17) is 14.2 Å². The molecule has 0 aliphatic carbocycles. The molecule has 1 atom stereocenters. The van der Waals surface area contributed by atoms with Crippen LogP contribution in [0.1, 0.15) is 12.8 Å². The Labute approximate surface area is 96.3 Å². The smallest absolute Gasteiger partial charge is 0.181 e. The summed E-state index contributed by atoms with van der Waals surface area (Å²) in [6.45, 7) is 4.14. The number of hydrogen-bond donors (Lipinski definition) is 1. The van der Waals surface area contributed by atoms with Crippen LogP contribution in [0.2, 0.25) is 0 Å². The molecule has 1 spiro atoms. The van der Waals surface area contributed by atoms with Gasteiger partial charge in [-0.3, -0.25) is 4.90 Å². The van der Waals surface area contributed by atoms with Crippen molar-refractivity contribution in [1.29, 1.82) is 0 Å². The van der Waals surface area contributed by atoms with Gasteiger partial charge in [-0.15, -0.1) is 0 Å². The molecule has 1 N–H and O–H groups in total. The average molecular weight is 231 g/mol. The quantitative estimate of drug-likeness (QED) is 0.728.